The van der Waals surface area contributed by atoms with E-state index in [2.05, 4.69) is 9.72 Å². The molecule has 0 radical (unpaired) electrons. The fourth-order valence-electron chi connectivity index (χ4n) is 1.79. The second-order valence-corrected chi connectivity index (χ2v) is 4.27. The second kappa shape index (κ2) is 6.09. The lowest BCUT2D eigenvalue weighted by molar-refractivity contribution is -0.142. The standard InChI is InChI=1S/C12H13ClN2O2.ClH/c1-17-12(16)10(14)4-7-6-15-11-3-2-8(13)5-9(7)11;/h2-3,5-6,10,15H,4,14H2,1H3;1H/t10-;/m0./s1. The zero-order chi connectivity index (χ0) is 12.4. The number of aromatic amines is 1. The number of carbonyl (C=O) groups is 1. The second-order valence-electron chi connectivity index (χ2n) is 3.84. The van der Waals surface area contributed by atoms with E-state index in [0.717, 1.165) is 16.5 Å². The Balaban J connectivity index is 0.00000162. The number of carbonyl (C=O) groups excluding carboxylic acids is 1. The number of hydrogen-bond acceptors (Lipinski definition) is 3. The van der Waals surface area contributed by atoms with Gasteiger partial charge < -0.3 is 15.5 Å². The molecule has 3 N–H and O–H groups in total. The summed E-state index contributed by atoms with van der Waals surface area (Å²) in [6.45, 7) is 0. The third-order valence-electron chi connectivity index (χ3n) is 2.67. The van der Waals surface area contributed by atoms with Gasteiger partial charge >= 0.3 is 5.97 Å². The summed E-state index contributed by atoms with van der Waals surface area (Å²) in [5, 5.41) is 1.64. The number of halogens is 2. The van der Waals surface area contributed by atoms with Crippen molar-refractivity contribution in [1.82, 2.24) is 4.98 Å². The Morgan fingerprint density at radius 1 is 1.56 bits per heavy atom. The molecule has 2 rings (SSSR count). The van der Waals surface area contributed by atoms with E-state index < -0.39 is 12.0 Å². The van der Waals surface area contributed by atoms with E-state index in [1.807, 2.05) is 24.4 Å². The molecule has 0 unspecified atom stereocenters. The maximum absolute atomic E-state index is 11.3. The number of H-pyrrole nitrogens is 1. The average Bonchev–Trinajstić information content (AvgIpc) is 2.71. The first-order valence-corrected chi connectivity index (χ1v) is 5.58. The van der Waals surface area contributed by atoms with E-state index in [4.69, 9.17) is 17.3 Å². The number of esters is 1. The SMILES string of the molecule is COC(=O)[C@@H](N)Cc1c[nH]c2ccc(Cl)cc12.Cl. The lowest BCUT2D eigenvalue weighted by atomic mass is 10.1. The van der Waals surface area contributed by atoms with Gasteiger partial charge in [0.05, 0.1) is 7.11 Å². The van der Waals surface area contributed by atoms with Gasteiger partial charge in [-0.25, -0.2) is 0 Å². The number of nitrogens with two attached hydrogens (primary N) is 1. The van der Waals surface area contributed by atoms with Crippen LogP contribution in [0.4, 0.5) is 0 Å². The highest BCUT2D eigenvalue weighted by atomic mass is 35.5. The molecule has 0 spiro atoms. The number of nitrogens with one attached hydrogen (secondary N) is 1. The summed E-state index contributed by atoms with van der Waals surface area (Å²) >= 11 is 5.94. The van der Waals surface area contributed by atoms with Gasteiger partial charge in [-0.1, -0.05) is 11.6 Å². The zero-order valence-corrected chi connectivity index (χ0v) is 11.3. The molecule has 6 heteroatoms. The minimum absolute atomic E-state index is 0. The minimum atomic E-state index is -0.655. The average molecular weight is 289 g/mol. The van der Waals surface area contributed by atoms with E-state index in [1.54, 1.807) is 0 Å². The van der Waals surface area contributed by atoms with Crippen LogP contribution in [-0.2, 0) is 16.0 Å². The van der Waals surface area contributed by atoms with E-state index in [9.17, 15) is 4.79 Å². The molecule has 0 bridgehead atoms. The molecule has 98 valence electrons. The maximum atomic E-state index is 11.3. The zero-order valence-electron chi connectivity index (χ0n) is 9.77. The largest absolute Gasteiger partial charge is 0.468 e. The predicted octanol–water partition coefficient (Wildman–Crippen LogP) is 2.29. The van der Waals surface area contributed by atoms with Crippen molar-refractivity contribution >= 4 is 40.9 Å². The first-order chi connectivity index (χ1) is 8.11. The summed E-state index contributed by atoms with van der Waals surface area (Å²) < 4.78 is 4.60. The predicted molar refractivity (Wildman–Crippen MR) is 74.3 cm³/mol. The number of hydrogen-bond donors (Lipinski definition) is 2. The number of aromatic nitrogens is 1. The summed E-state index contributed by atoms with van der Waals surface area (Å²) in [4.78, 5) is 14.4. The van der Waals surface area contributed by atoms with Gasteiger partial charge in [-0.3, -0.25) is 4.79 Å². The van der Waals surface area contributed by atoms with Crippen LogP contribution in [0.1, 0.15) is 5.56 Å². The Morgan fingerprint density at radius 3 is 2.94 bits per heavy atom. The maximum Gasteiger partial charge on any atom is 0.322 e. The summed E-state index contributed by atoms with van der Waals surface area (Å²) in [6, 6.07) is 4.90. The van der Waals surface area contributed by atoms with Crippen molar-refractivity contribution in [2.24, 2.45) is 5.73 Å². The van der Waals surface area contributed by atoms with Crippen molar-refractivity contribution in [3.05, 3.63) is 35.0 Å². The molecule has 0 aliphatic heterocycles. The Labute approximate surface area is 116 Å². The smallest absolute Gasteiger partial charge is 0.322 e. The number of ether oxygens (including phenoxy) is 1. The van der Waals surface area contributed by atoms with Crippen molar-refractivity contribution in [3.8, 4) is 0 Å². The third kappa shape index (κ3) is 2.96. The van der Waals surface area contributed by atoms with Gasteiger partial charge in [0.25, 0.3) is 0 Å². The fourth-order valence-corrected chi connectivity index (χ4v) is 1.96. The first-order valence-electron chi connectivity index (χ1n) is 5.20. The number of fused-ring (bicyclic) bond motifs is 1. The first kappa shape index (κ1) is 14.8. The van der Waals surface area contributed by atoms with Gasteiger partial charge in [0.1, 0.15) is 6.04 Å². The fraction of sp³-hybridized carbons (Fsp3) is 0.250. The van der Waals surface area contributed by atoms with Gasteiger partial charge in [0.2, 0.25) is 0 Å². The van der Waals surface area contributed by atoms with Crippen LogP contribution in [0.2, 0.25) is 5.02 Å². The summed E-state index contributed by atoms with van der Waals surface area (Å²) in [6.07, 6.45) is 2.26. The molecule has 0 amide bonds. The van der Waals surface area contributed by atoms with Crippen LogP contribution < -0.4 is 5.73 Å². The number of benzene rings is 1. The molecule has 0 saturated heterocycles. The Bertz CT molecular complexity index is 554. The van der Waals surface area contributed by atoms with Crippen LogP contribution in [0.3, 0.4) is 0 Å². The van der Waals surface area contributed by atoms with Crippen molar-refractivity contribution in [2.75, 3.05) is 7.11 Å². The molecule has 0 aliphatic carbocycles. The Hall–Kier alpha value is -1.23. The third-order valence-corrected chi connectivity index (χ3v) is 2.91. The molecule has 2 aromatic rings. The van der Waals surface area contributed by atoms with E-state index in [1.165, 1.54) is 7.11 Å². The lowest BCUT2D eigenvalue weighted by Gasteiger charge is -2.08. The van der Waals surface area contributed by atoms with Crippen LogP contribution in [0, 0.1) is 0 Å². The summed E-state index contributed by atoms with van der Waals surface area (Å²) in [7, 11) is 1.33. The molecule has 4 nitrogen and oxygen atoms in total. The number of methoxy groups -OCH3 is 1. The highest BCUT2D eigenvalue weighted by molar-refractivity contribution is 6.31. The van der Waals surface area contributed by atoms with E-state index in [-0.39, 0.29) is 12.4 Å². The molecule has 1 heterocycles. The van der Waals surface area contributed by atoms with Crippen LogP contribution in [-0.4, -0.2) is 24.1 Å². The molecule has 1 aromatic heterocycles. The van der Waals surface area contributed by atoms with Crippen molar-refractivity contribution in [3.63, 3.8) is 0 Å². The molecular weight excluding hydrogens is 275 g/mol. The highest BCUT2D eigenvalue weighted by Crippen LogP contribution is 2.23. The molecule has 18 heavy (non-hydrogen) atoms. The molecular formula is C12H14Cl2N2O2. The van der Waals surface area contributed by atoms with Gasteiger partial charge in [-0.05, 0) is 23.8 Å². The molecule has 1 atom stereocenters. The molecule has 0 fully saturated rings. The van der Waals surface area contributed by atoms with E-state index in [0.29, 0.717) is 11.4 Å². The number of rotatable bonds is 3. The topological polar surface area (TPSA) is 68.1 Å². The summed E-state index contributed by atoms with van der Waals surface area (Å²) in [5.74, 6) is -0.415. The summed E-state index contributed by atoms with van der Waals surface area (Å²) in [5.41, 5.74) is 7.66. The van der Waals surface area contributed by atoms with Crippen LogP contribution >= 0.6 is 24.0 Å². The van der Waals surface area contributed by atoms with Gasteiger partial charge in [0.15, 0.2) is 0 Å². The molecule has 0 saturated carbocycles. The Morgan fingerprint density at radius 2 is 2.28 bits per heavy atom. The monoisotopic (exact) mass is 288 g/mol. The highest BCUT2D eigenvalue weighted by Gasteiger charge is 2.16. The van der Waals surface area contributed by atoms with Crippen molar-refractivity contribution < 1.29 is 9.53 Å². The molecule has 0 aliphatic rings. The van der Waals surface area contributed by atoms with Gasteiger partial charge in [0, 0.05) is 28.5 Å². The normalized spacial score (nSPS) is 11.9. The molecule has 1 aromatic carbocycles. The van der Waals surface area contributed by atoms with Gasteiger partial charge in [-0.15, -0.1) is 12.4 Å². The van der Waals surface area contributed by atoms with E-state index >= 15 is 0 Å². The van der Waals surface area contributed by atoms with Crippen LogP contribution in [0.25, 0.3) is 10.9 Å². The van der Waals surface area contributed by atoms with Crippen LogP contribution in [0.5, 0.6) is 0 Å². The quantitative estimate of drug-likeness (QED) is 0.852. The van der Waals surface area contributed by atoms with Crippen molar-refractivity contribution in [2.45, 2.75) is 12.5 Å². The van der Waals surface area contributed by atoms with Crippen molar-refractivity contribution in [1.29, 1.82) is 0 Å². The van der Waals surface area contributed by atoms with Crippen LogP contribution in [0.15, 0.2) is 24.4 Å². The lowest BCUT2D eigenvalue weighted by Crippen LogP contribution is -2.33. The minimum Gasteiger partial charge on any atom is -0.468 e. The van der Waals surface area contributed by atoms with Gasteiger partial charge in [-0.2, -0.15) is 0 Å². The Kier molecular flexibility index (Phi) is 5.02.